The van der Waals surface area contributed by atoms with Crippen molar-refractivity contribution in [3.8, 4) is 0 Å². The van der Waals surface area contributed by atoms with E-state index in [0.717, 1.165) is 50.5 Å². The average molecular weight is 359 g/mol. The number of nitrogens with one attached hydrogen (secondary N) is 1. The Morgan fingerprint density at radius 3 is 2.46 bits per heavy atom. The number of amides is 2. The summed E-state index contributed by atoms with van der Waals surface area (Å²) in [7, 11) is 0. The van der Waals surface area contributed by atoms with Crippen LogP contribution in [0.2, 0.25) is 0 Å². The maximum atomic E-state index is 12.3. The molecule has 0 radical (unpaired) electrons. The minimum Gasteiger partial charge on any atom is -0.379 e. The van der Waals surface area contributed by atoms with E-state index >= 15 is 0 Å². The van der Waals surface area contributed by atoms with E-state index in [9.17, 15) is 9.59 Å². The van der Waals surface area contributed by atoms with Gasteiger partial charge in [0.05, 0.1) is 19.6 Å². The molecule has 0 aliphatic carbocycles. The quantitative estimate of drug-likeness (QED) is 0.838. The van der Waals surface area contributed by atoms with Crippen molar-refractivity contribution < 1.29 is 14.3 Å². The molecule has 2 aliphatic heterocycles. The molecule has 0 bridgehead atoms. The molecule has 2 fully saturated rings. The fourth-order valence-electron chi connectivity index (χ4n) is 3.56. The van der Waals surface area contributed by atoms with Crippen LogP contribution in [0.3, 0.4) is 0 Å². The smallest absolute Gasteiger partial charge is 0.227 e. The number of hydrogen-bond donors (Lipinski definition) is 1. The SMILES string of the molecule is CC(C)(CNC(=O)Cc1ccc(N2CCCC2=O)cc1)N1CCOCC1. The number of carbonyl (C=O) groups excluding carboxylic acids is 2. The van der Waals surface area contributed by atoms with Crippen LogP contribution in [0.15, 0.2) is 24.3 Å². The van der Waals surface area contributed by atoms with Crippen molar-refractivity contribution in [2.45, 2.75) is 38.6 Å². The third-order valence-electron chi connectivity index (χ3n) is 5.27. The van der Waals surface area contributed by atoms with Gasteiger partial charge in [-0.2, -0.15) is 0 Å². The number of ether oxygens (including phenoxy) is 1. The average Bonchev–Trinajstić information content (AvgIpc) is 3.07. The normalized spacial score (nSPS) is 19.0. The van der Waals surface area contributed by atoms with Crippen molar-refractivity contribution in [2.75, 3.05) is 44.3 Å². The fourth-order valence-corrected chi connectivity index (χ4v) is 3.56. The second-order valence-corrected chi connectivity index (χ2v) is 7.68. The lowest BCUT2D eigenvalue weighted by Gasteiger charge is -2.40. The number of nitrogens with zero attached hydrogens (tertiary/aromatic N) is 2. The van der Waals surface area contributed by atoms with Gasteiger partial charge in [0.2, 0.25) is 11.8 Å². The predicted molar refractivity (Wildman–Crippen MR) is 101 cm³/mol. The van der Waals surface area contributed by atoms with Crippen LogP contribution in [0.25, 0.3) is 0 Å². The zero-order valence-corrected chi connectivity index (χ0v) is 15.8. The van der Waals surface area contributed by atoms with Crippen LogP contribution in [0.4, 0.5) is 5.69 Å². The van der Waals surface area contributed by atoms with Gasteiger partial charge in [-0.25, -0.2) is 0 Å². The molecular weight excluding hydrogens is 330 g/mol. The molecule has 142 valence electrons. The third kappa shape index (κ3) is 4.62. The van der Waals surface area contributed by atoms with Gasteiger partial charge in [0.15, 0.2) is 0 Å². The fraction of sp³-hybridized carbons (Fsp3) is 0.600. The van der Waals surface area contributed by atoms with Crippen LogP contribution in [-0.4, -0.2) is 61.6 Å². The number of anilines is 1. The molecule has 2 saturated heterocycles. The summed E-state index contributed by atoms with van der Waals surface area (Å²) >= 11 is 0. The van der Waals surface area contributed by atoms with E-state index in [2.05, 4.69) is 24.1 Å². The third-order valence-corrected chi connectivity index (χ3v) is 5.27. The summed E-state index contributed by atoms with van der Waals surface area (Å²) in [5.74, 6) is 0.206. The Kier molecular flexibility index (Phi) is 5.94. The van der Waals surface area contributed by atoms with Crippen molar-refractivity contribution in [2.24, 2.45) is 0 Å². The Morgan fingerprint density at radius 1 is 1.15 bits per heavy atom. The Labute approximate surface area is 155 Å². The Balaban J connectivity index is 1.49. The molecule has 3 rings (SSSR count). The molecule has 1 aromatic rings. The lowest BCUT2D eigenvalue weighted by Crippen LogP contribution is -2.55. The van der Waals surface area contributed by atoms with Crippen LogP contribution in [0.5, 0.6) is 0 Å². The molecule has 6 heteroatoms. The van der Waals surface area contributed by atoms with Crippen molar-refractivity contribution in [1.29, 1.82) is 0 Å². The maximum absolute atomic E-state index is 12.3. The Hall–Kier alpha value is -1.92. The molecule has 1 aromatic carbocycles. The van der Waals surface area contributed by atoms with Gasteiger partial charge in [0, 0.05) is 43.8 Å². The zero-order valence-electron chi connectivity index (χ0n) is 15.8. The first kappa shape index (κ1) is 18.9. The molecule has 0 spiro atoms. The molecule has 0 saturated carbocycles. The Bertz CT molecular complexity index is 636. The van der Waals surface area contributed by atoms with Gasteiger partial charge in [-0.15, -0.1) is 0 Å². The first-order valence-electron chi connectivity index (χ1n) is 9.44. The largest absolute Gasteiger partial charge is 0.379 e. The lowest BCUT2D eigenvalue weighted by atomic mass is 10.0. The van der Waals surface area contributed by atoms with Crippen LogP contribution >= 0.6 is 0 Å². The zero-order chi connectivity index (χ0) is 18.6. The highest BCUT2D eigenvalue weighted by Crippen LogP contribution is 2.21. The van der Waals surface area contributed by atoms with Crippen molar-refractivity contribution in [3.05, 3.63) is 29.8 Å². The van der Waals surface area contributed by atoms with E-state index in [4.69, 9.17) is 4.74 Å². The summed E-state index contributed by atoms with van der Waals surface area (Å²) in [5, 5.41) is 3.06. The first-order chi connectivity index (χ1) is 12.5. The molecule has 2 amide bonds. The minimum atomic E-state index is -0.0839. The highest BCUT2D eigenvalue weighted by molar-refractivity contribution is 5.95. The minimum absolute atomic E-state index is 0.0244. The van der Waals surface area contributed by atoms with Crippen LogP contribution in [-0.2, 0) is 20.7 Å². The number of benzene rings is 1. The molecule has 2 heterocycles. The summed E-state index contributed by atoms with van der Waals surface area (Å²) in [6.07, 6.45) is 1.90. The molecule has 0 unspecified atom stereocenters. The van der Waals surface area contributed by atoms with Gasteiger partial charge in [-0.05, 0) is 38.0 Å². The summed E-state index contributed by atoms with van der Waals surface area (Å²) in [6.45, 7) is 9.02. The molecule has 6 nitrogen and oxygen atoms in total. The summed E-state index contributed by atoms with van der Waals surface area (Å²) in [5.41, 5.74) is 1.80. The monoisotopic (exact) mass is 359 g/mol. The van der Waals surface area contributed by atoms with Crippen LogP contribution in [0.1, 0.15) is 32.3 Å². The van der Waals surface area contributed by atoms with Gasteiger partial charge in [-0.1, -0.05) is 12.1 Å². The van der Waals surface area contributed by atoms with Gasteiger partial charge in [-0.3, -0.25) is 14.5 Å². The topological polar surface area (TPSA) is 61.9 Å². The molecule has 26 heavy (non-hydrogen) atoms. The number of morpholine rings is 1. The van der Waals surface area contributed by atoms with E-state index in [1.54, 1.807) is 0 Å². The predicted octanol–water partition coefficient (Wildman–Crippen LogP) is 1.58. The standard InChI is InChI=1S/C20H29N3O3/c1-20(2,22-10-12-26-13-11-22)15-21-18(24)14-16-5-7-17(8-6-16)23-9-3-4-19(23)25/h5-8H,3-4,9-15H2,1-2H3,(H,21,24). The van der Waals surface area contributed by atoms with Crippen molar-refractivity contribution >= 4 is 17.5 Å². The highest BCUT2D eigenvalue weighted by Gasteiger charge is 2.28. The van der Waals surface area contributed by atoms with E-state index in [1.807, 2.05) is 29.2 Å². The molecular formula is C20H29N3O3. The van der Waals surface area contributed by atoms with Crippen LogP contribution < -0.4 is 10.2 Å². The number of rotatable bonds is 6. The van der Waals surface area contributed by atoms with E-state index in [-0.39, 0.29) is 17.4 Å². The van der Waals surface area contributed by atoms with E-state index in [0.29, 0.717) is 19.4 Å². The summed E-state index contributed by atoms with van der Waals surface area (Å²) in [4.78, 5) is 28.3. The van der Waals surface area contributed by atoms with E-state index in [1.165, 1.54) is 0 Å². The summed E-state index contributed by atoms with van der Waals surface area (Å²) in [6, 6.07) is 7.74. The molecule has 1 N–H and O–H groups in total. The molecule has 2 aliphatic rings. The lowest BCUT2D eigenvalue weighted by molar-refractivity contribution is -0.121. The molecule has 0 atom stereocenters. The number of carbonyl (C=O) groups is 2. The van der Waals surface area contributed by atoms with Crippen molar-refractivity contribution in [3.63, 3.8) is 0 Å². The molecule has 0 aromatic heterocycles. The highest BCUT2D eigenvalue weighted by atomic mass is 16.5. The van der Waals surface area contributed by atoms with Gasteiger partial charge >= 0.3 is 0 Å². The second kappa shape index (κ2) is 8.18. The summed E-state index contributed by atoms with van der Waals surface area (Å²) < 4.78 is 5.40. The van der Waals surface area contributed by atoms with E-state index < -0.39 is 0 Å². The second-order valence-electron chi connectivity index (χ2n) is 7.68. The Morgan fingerprint density at radius 2 is 1.85 bits per heavy atom. The van der Waals surface area contributed by atoms with Gasteiger partial charge in [0.1, 0.15) is 0 Å². The maximum Gasteiger partial charge on any atom is 0.227 e. The van der Waals surface area contributed by atoms with Crippen molar-refractivity contribution in [1.82, 2.24) is 10.2 Å². The van der Waals surface area contributed by atoms with Gasteiger partial charge in [0.25, 0.3) is 0 Å². The van der Waals surface area contributed by atoms with Crippen LogP contribution in [0, 0.1) is 0 Å². The first-order valence-corrected chi connectivity index (χ1v) is 9.44. The number of hydrogen-bond acceptors (Lipinski definition) is 4. The van der Waals surface area contributed by atoms with Gasteiger partial charge < -0.3 is 15.0 Å².